The van der Waals surface area contributed by atoms with Gasteiger partial charge in [-0.1, -0.05) is 18.2 Å². The summed E-state index contributed by atoms with van der Waals surface area (Å²) in [5, 5.41) is 0. The Morgan fingerprint density at radius 1 is 1.11 bits per heavy atom. The quantitative estimate of drug-likeness (QED) is 0.904. The van der Waals surface area contributed by atoms with Gasteiger partial charge in [-0.15, -0.1) is 0 Å². The van der Waals surface area contributed by atoms with E-state index < -0.39 is 17.8 Å². The minimum Gasteiger partial charge on any atom is -0.319 e. The number of benzene rings is 1. The van der Waals surface area contributed by atoms with Crippen molar-refractivity contribution in [3.63, 3.8) is 0 Å². The lowest BCUT2D eigenvalue weighted by atomic mass is 9.99. The average molecular weight is 266 g/mol. The maximum atomic E-state index is 12.5. The zero-order valence-corrected chi connectivity index (χ0v) is 10.3. The van der Waals surface area contributed by atoms with Crippen molar-refractivity contribution in [2.24, 2.45) is 5.73 Å². The molecule has 0 saturated heterocycles. The Kier molecular flexibility index (Phi) is 3.57. The van der Waals surface area contributed by atoms with Gasteiger partial charge in [-0.3, -0.25) is 4.98 Å². The third-order valence-electron chi connectivity index (χ3n) is 2.94. The van der Waals surface area contributed by atoms with Gasteiger partial charge in [0, 0.05) is 6.20 Å². The predicted octanol–water partition coefficient (Wildman–Crippen LogP) is 3.46. The number of pyridine rings is 1. The van der Waals surface area contributed by atoms with Crippen molar-refractivity contribution in [2.45, 2.75) is 19.1 Å². The smallest absolute Gasteiger partial charge is 0.319 e. The number of alkyl halides is 3. The van der Waals surface area contributed by atoms with Crippen LogP contribution in [-0.4, -0.2) is 4.98 Å². The van der Waals surface area contributed by atoms with Crippen molar-refractivity contribution in [1.82, 2.24) is 4.98 Å². The second kappa shape index (κ2) is 5.01. The van der Waals surface area contributed by atoms with Gasteiger partial charge in [-0.05, 0) is 36.2 Å². The van der Waals surface area contributed by atoms with Crippen LogP contribution < -0.4 is 5.73 Å². The Morgan fingerprint density at radius 2 is 1.74 bits per heavy atom. The van der Waals surface area contributed by atoms with Crippen LogP contribution in [0.3, 0.4) is 0 Å². The maximum Gasteiger partial charge on any atom is 0.416 e. The maximum absolute atomic E-state index is 12.5. The second-order valence-corrected chi connectivity index (χ2v) is 4.30. The van der Waals surface area contributed by atoms with Gasteiger partial charge in [0.2, 0.25) is 0 Å². The lowest BCUT2D eigenvalue weighted by Crippen LogP contribution is -2.15. The Hall–Kier alpha value is -1.88. The summed E-state index contributed by atoms with van der Waals surface area (Å²) in [5.74, 6) is 0. The largest absolute Gasteiger partial charge is 0.416 e. The number of hydrogen-bond acceptors (Lipinski definition) is 2. The molecule has 2 rings (SSSR count). The molecule has 100 valence electrons. The number of rotatable bonds is 2. The number of aromatic nitrogens is 1. The van der Waals surface area contributed by atoms with E-state index in [-0.39, 0.29) is 0 Å². The van der Waals surface area contributed by atoms with Crippen LogP contribution >= 0.6 is 0 Å². The zero-order valence-electron chi connectivity index (χ0n) is 10.3. The van der Waals surface area contributed by atoms with Crippen LogP contribution in [0, 0.1) is 6.92 Å². The Bertz CT molecular complexity index is 562. The lowest BCUT2D eigenvalue weighted by molar-refractivity contribution is -0.137. The molecule has 0 aliphatic carbocycles. The first-order valence-electron chi connectivity index (χ1n) is 5.74. The van der Waals surface area contributed by atoms with E-state index in [1.807, 2.05) is 13.0 Å². The van der Waals surface area contributed by atoms with E-state index in [0.29, 0.717) is 11.3 Å². The fourth-order valence-corrected chi connectivity index (χ4v) is 1.86. The van der Waals surface area contributed by atoms with Crippen molar-refractivity contribution in [1.29, 1.82) is 0 Å². The molecule has 5 heteroatoms. The van der Waals surface area contributed by atoms with Gasteiger partial charge >= 0.3 is 6.18 Å². The molecule has 1 unspecified atom stereocenters. The van der Waals surface area contributed by atoms with Crippen LogP contribution in [0.2, 0.25) is 0 Å². The van der Waals surface area contributed by atoms with Crippen molar-refractivity contribution in [3.8, 4) is 0 Å². The van der Waals surface area contributed by atoms with Crippen molar-refractivity contribution < 1.29 is 13.2 Å². The minimum absolute atomic E-state index is 0.525. The Labute approximate surface area is 109 Å². The number of nitrogens with two attached hydrogens (primary N) is 1. The highest BCUT2D eigenvalue weighted by Gasteiger charge is 2.30. The van der Waals surface area contributed by atoms with Gasteiger partial charge in [0.25, 0.3) is 0 Å². The van der Waals surface area contributed by atoms with Gasteiger partial charge in [-0.2, -0.15) is 13.2 Å². The fraction of sp³-hybridized carbons (Fsp3) is 0.214. The highest BCUT2D eigenvalue weighted by molar-refractivity contribution is 5.34. The third kappa shape index (κ3) is 2.93. The average Bonchev–Trinajstić information content (AvgIpc) is 2.38. The van der Waals surface area contributed by atoms with E-state index in [0.717, 1.165) is 17.7 Å². The molecule has 0 fully saturated rings. The van der Waals surface area contributed by atoms with Crippen LogP contribution in [0.1, 0.15) is 28.4 Å². The zero-order chi connectivity index (χ0) is 14.0. The van der Waals surface area contributed by atoms with E-state index in [1.165, 1.54) is 12.1 Å². The van der Waals surface area contributed by atoms with Crippen molar-refractivity contribution >= 4 is 0 Å². The Morgan fingerprint density at radius 3 is 2.26 bits per heavy atom. The van der Waals surface area contributed by atoms with E-state index in [1.54, 1.807) is 12.3 Å². The normalized spacial score (nSPS) is 13.3. The van der Waals surface area contributed by atoms with Crippen LogP contribution in [0.25, 0.3) is 0 Å². The van der Waals surface area contributed by atoms with Gasteiger partial charge in [0.1, 0.15) is 0 Å². The fourth-order valence-electron chi connectivity index (χ4n) is 1.86. The summed E-state index contributed by atoms with van der Waals surface area (Å²) in [6, 6.07) is 7.98. The van der Waals surface area contributed by atoms with Gasteiger partial charge < -0.3 is 5.73 Å². The van der Waals surface area contributed by atoms with Crippen LogP contribution in [-0.2, 0) is 6.18 Å². The van der Waals surface area contributed by atoms with Gasteiger partial charge in [-0.25, -0.2) is 0 Å². The number of nitrogens with zero attached hydrogens (tertiary/aromatic N) is 1. The third-order valence-corrected chi connectivity index (χ3v) is 2.94. The first kappa shape index (κ1) is 13.5. The molecule has 0 aliphatic rings. The van der Waals surface area contributed by atoms with Gasteiger partial charge in [0.05, 0.1) is 17.3 Å². The molecular formula is C14H13F3N2. The molecule has 0 radical (unpaired) electrons. The molecule has 1 aromatic carbocycles. The summed E-state index contributed by atoms with van der Waals surface area (Å²) in [4.78, 5) is 4.18. The SMILES string of the molecule is Cc1cccnc1C(N)c1ccc(C(F)(F)F)cc1. The molecule has 2 nitrogen and oxygen atoms in total. The highest BCUT2D eigenvalue weighted by atomic mass is 19.4. The molecule has 2 aromatic rings. The molecule has 0 saturated carbocycles. The minimum atomic E-state index is -4.33. The molecule has 0 amide bonds. The Balaban J connectivity index is 2.31. The van der Waals surface area contributed by atoms with Crippen LogP contribution in [0.5, 0.6) is 0 Å². The summed E-state index contributed by atoms with van der Waals surface area (Å²) in [5.41, 5.74) is 7.54. The van der Waals surface area contributed by atoms with E-state index in [9.17, 15) is 13.2 Å². The summed E-state index contributed by atoms with van der Waals surface area (Å²) in [7, 11) is 0. The first-order chi connectivity index (χ1) is 8.89. The molecule has 0 bridgehead atoms. The monoisotopic (exact) mass is 266 g/mol. The second-order valence-electron chi connectivity index (χ2n) is 4.30. The molecule has 2 N–H and O–H groups in total. The number of aryl methyl sites for hydroxylation is 1. The first-order valence-corrected chi connectivity index (χ1v) is 5.74. The molecular weight excluding hydrogens is 253 g/mol. The molecule has 1 heterocycles. The lowest BCUT2D eigenvalue weighted by Gasteiger charge is -2.15. The molecule has 1 aromatic heterocycles. The molecule has 0 aliphatic heterocycles. The summed E-state index contributed by atoms with van der Waals surface area (Å²) >= 11 is 0. The molecule has 19 heavy (non-hydrogen) atoms. The van der Waals surface area contributed by atoms with E-state index in [4.69, 9.17) is 5.73 Å². The number of halogens is 3. The van der Waals surface area contributed by atoms with E-state index >= 15 is 0 Å². The van der Waals surface area contributed by atoms with Crippen LogP contribution in [0.4, 0.5) is 13.2 Å². The highest BCUT2D eigenvalue weighted by Crippen LogP contribution is 2.30. The predicted molar refractivity (Wildman–Crippen MR) is 66.4 cm³/mol. The molecule has 1 atom stereocenters. The van der Waals surface area contributed by atoms with Gasteiger partial charge in [0.15, 0.2) is 0 Å². The summed E-state index contributed by atoms with van der Waals surface area (Å²) in [6.45, 7) is 1.87. The van der Waals surface area contributed by atoms with Crippen molar-refractivity contribution in [2.75, 3.05) is 0 Å². The van der Waals surface area contributed by atoms with Crippen LogP contribution in [0.15, 0.2) is 42.6 Å². The van der Waals surface area contributed by atoms with E-state index in [2.05, 4.69) is 4.98 Å². The summed E-state index contributed by atoms with van der Waals surface area (Å²) < 4.78 is 37.4. The topological polar surface area (TPSA) is 38.9 Å². The van der Waals surface area contributed by atoms with Crippen molar-refractivity contribution in [3.05, 3.63) is 65.0 Å². The molecule has 0 spiro atoms. The number of hydrogen-bond donors (Lipinski definition) is 1. The summed E-state index contributed by atoms with van der Waals surface area (Å²) in [6.07, 6.45) is -2.71. The standard InChI is InChI=1S/C14H13F3N2/c1-9-3-2-8-19-13(9)12(18)10-4-6-11(7-5-10)14(15,16)17/h2-8,12H,18H2,1H3.